The molecule has 1 saturated heterocycles. The molecule has 3 heterocycles. The summed E-state index contributed by atoms with van der Waals surface area (Å²) in [6.07, 6.45) is 1.57. The van der Waals surface area contributed by atoms with Gasteiger partial charge in [-0.15, -0.1) is 0 Å². The molecule has 2 aliphatic heterocycles. The third-order valence-corrected chi connectivity index (χ3v) is 3.84. The molecular weight excluding hydrogens is 274 g/mol. The van der Waals surface area contributed by atoms with Crippen molar-refractivity contribution in [3.63, 3.8) is 0 Å². The van der Waals surface area contributed by atoms with Gasteiger partial charge in [0, 0.05) is 19.2 Å². The van der Waals surface area contributed by atoms with Crippen molar-refractivity contribution in [2.45, 2.75) is 26.3 Å². The third-order valence-electron chi connectivity index (χ3n) is 3.84. The molecule has 7 nitrogen and oxygen atoms in total. The molecule has 2 aliphatic rings. The Labute approximate surface area is 122 Å². The quantitative estimate of drug-likeness (QED) is 0.767. The Hall–Kier alpha value is -2.05. The smallest absolute Gasteiger partial charge is 0.310 e. The predicted octanol–water partition coefficient (Wildman–Crippen LogP) is 0.691. The molecule has 1 fully saturated rings. The Balaban J connectivity index is 1.67. The zero-order valence-corrected chi connectivity index (χ0v) is 12.1. The predicted molar refractivity (Wildman–Crippen MR) is 73.0 cm³/mol. The van der Waals surface area contributed by atoms with E-state index in [4.69, 9.17) is 9.47 Å². The number of esters is 1. The second-order valence-corrected chi connectivity index (χ2v) is 5.28. The molecule has 3 rings (SSSR count). The number of carbonyl (C=O) groups is 2. The Morgan fingerprint density at radius 1 is 1.48 bits per heavy atom. The number of ether oxygens (including phenoxy) is 2. The molecule has 1 atom stereocenters. The summed E-state index contributed by atoms with van der Waals surface area (Å²) < 4.78 is 12.1. The molecule has 0 aromatic carbocycles. The van der Waals surface area contributed by atoms with Gasteiger partial charge in [-0.25, -0.2) is 4.68 Å². The first-order chi connectivity index (χ1) is 10.2. The largest absolute Gasteiger partial charge is 0.476 e. The Kier molecular flexibility index (Phi) is 3.81. The average Bonchev–Trinajstić information content (AvgIpc) is 3.08. The van der Waals surface area contributed by atoms with Crippen LogP contribution in [0.15, 0.2) is 6.07 Å². The van der Waals surface area contributed by atoms with Crippen molar-refractivity contribution in [3.05, 3.63) is 11.8 Å². The first-order valence-electron chi connectivity index (χ1n) is 7.35. The zero-order valence-electron chi connectivity index (χ0n) is 12.1. The highest BCUT2D eigenvalue weighted by molar-refractivity contribution is 5.93. The number of aromatic nitrogens is 2. The van der Waals surface area contributed by atoms with Crippen LogP contribution in [-0.4, -0.2) is 52.9 Å². The van der Waals surface area contributed by atoms with Gasteiger partial charge in [0.25, 0.3) is 5.91 Å². The lowest BCUT2D eigenvalue weighted by Crippen LogP contribution is -2.43. The van der Waals surface area contributed by atoms with Crippen LogP contribution in [0.5, 0.6) is 5.88 Å². The summed E-state index contributed by atoms with van der Waals surface area (Å²) in [7, 11) is 0. The van der Waals surface area contributed by atoms with Crippen molar-refractivity contribution < 1.29 is 19.1 Å². The van der Waals surface area contributed by atoms with E-state index in [1.807, 2.05) is 0 Å². The summed E-state index contributed by atoms with van der Waals surface area (Å²) in [5.74, 6) is 0.0471. The van der Waals surface area contributed by atoms with E-state index >= 15 is 0 Å². The Bertz CT molecular complexity index is 533. The zero-order chi connectivity index (χ0) is 14.8. The maximum atomic E-state index is 12.5. The van der Waals surface area contributed by atoms with Gasteiger partial charge in [-0.3, -0.25) is 9.59 Å². The van der Waals surface area contributed by atoms with Crippen molar-refractivity contribution in [2.75, 3.05) is 26.3 Å². The number of rotatable bonds is 3. The van der Waals surface area contributed by atoms with E-state index in [2.05, 4.69) is 5.10 Å². The SMILES string of the molecule is CCOC(=O)C1CCCN(C(=O)c2cc3n(n2)CCO3)C1. The molecule has 0 spiro atoms. The van der Waals surface area contributed by atoms with Crippen LogP contribution in [0.4, 0.5) is 0 Å². The van der Waals surface area contributed by atoms with Gasteiger partial charge < -0.3 is 14.4 Å². The van der Waals surface area contributed by atoms with Crippen LogP contribution in [-0.2, 0) is 16.1 Å². The number of fused-ring (bicyclic) bond motifs is 1. The van der Waals surface area contributed by atoms with E-state index < -0.39 is 0 Å². The monoisotopic (exact) mass is 293 g/mol. The van der Waals surface area contributed by atoms with Gasteiger partial charge in [-0.05, 0) is 19.8 Å². The van der Waals surface area contributed by atoms with E-state index in [-0.39, 0.29) is 17.8 Å². The van der Waals surface area contributed by atoms with Crippen molar-refractivity contribution in [1.29, 1.82) is 0 Å². The first kappa shape index (κ1) is 13.9. The summed E-state index contributed by atoms with van der Waals surface area (Å²) in [6, 6.07) is 1.67. The molecule has 0 N–H and O–H groups in total. The van der Waals surface area contributed by atoms with Crippen LogP contribution in [0, 0.1) is 5.92 Å². The van der Waals surface area contributed by atoms with Crippen LogP contribution < -0.4 is 4.74 Å². The van der Waals surface area contributed by atoms with Crippen molar-refractivity contribution >= 4 is 11.9 Å². The van der Waals surface area contributed by atoms with Gasteiger partial charge in [-0.1, -0.05) is 0 Å². The Morgan fingerprint density at radius 3 is 3.10 bits per heavy atom. The second kappa shape index (κ2) is 5.75. The minimum absolute atomic E-state index is 0.144. The molecule has 0 radical (unpaired) electrons. The minimum atomic E-state index is -0.228. The van der Waals surface area contributed by atoms with Crippen LogP contribution in [0.3, 0.4) is 0 Å². The average molecular weight is 293 g/mol. The lowest BCUT2D eigenvalue weighted by atomic mass is 9.98. The number of likely N-dealkylation sites (tertiary alicyclic amines) is 1. The second-order valence-electron chi connectivity index (χ2n) is 5.28. The van der Waals surface area contributed by atoms with E-state index in [1.165, 1.54) is 0 Å². The van der Waals surface area contributed by atoms with Crippen molar-refractivity contribution in [2.24, 2.45) is 5.92 Å². The summed E-state index contributed by atoms with van der Waals surface area (Å²) in [6.45, 7) is 4.49. The van der Waals surface area contributed by atoms with Gasteiger partial charge in [0.2, 0.25) is 5.88 Å². The van der Waals surface area contributed by atoms with Crippen molar-refractivity contribution in [3.8, 4) is 5.88 Å². The molecule has 7 heteroatoms. The molecule has 114 valence electrons. The normalized spacial score (nSPS) is 20.8. The minimum Gasteiger partial charge on any atom is -0.476 e. The molecule has 1 aromatic rings. The standard InChI is InChI=1S/C14H19N3O4/c1-2-20-14(19)10-4-3-5-16(9-10)13(18)11-8-12-17(15-11)6-7-21-12/h8,10H,2-7,9H2,1H3. The van der Waals surface area contributed by atoms with Crippen molar-refractivity contribution in [1.82, 2.24) is 14.7 Å². The molecule has 0 aliphatic carbocycles. The number of amides is 1. The molecule has 1 amide bonds. The lowest BCUT2D eigenvalue weighted by molar-refractivity contribution is -0.149. The van der Waals surface area contributed by atoms with Crippen LogP contribution >= 0.6 is 0 Å². The molecular formula is C14H19N3O4. The summed E-state index contributed by atoms with van der Waals surface area (Å²) in [5, 5.41) is 4.26. The van der Waals surface area contributed by atoms with Gasteiger partial charge in [0.15, 0.2) is 5.69 Å². The number of carbonyl (C=O) groups excluding carboxylic acids is 2. The Morgan fingerprint density at radius 2 is 2.33 bits per heavy atom. The number of nitrogens with zero attached hydrogens (tertiary/aromatic N) is 3. The molecule has 1 aromatic heterocycles. The van der Waals surface area contributed by atoms with Crippen LogP contribution in [0.1, 0.15) is 30.3 Å². The van der Waals surface area contributed by atoms with Gasteiger partial charge >= 0.3 is 5.97 Å². The van der Waals surface area contributed by atoms with Gasteiger partial charge in [0.05, 0.1) is 19.1 Å². The fourth-order valence-corrected chi connectivity index (χ4v) is 2.79. The van der Waals surface area contributed by atoms with Crippen LogP contribution in [0.25, 0.3) is 0 Å². The third kappa shape index (κ3) is 2.72. The lowest BCUT2D eigenvalue weighted by Gasteiger charge is -2.31. The first-order valence-corrected chi connectivity index (χ1v) is 7.35. The molecule has 0 bridgehead atoms. The summed E-state index contributed by atoms with van der Waals surface area (Å²) >= 11 is 0. The number of hydrogen-bond acceptors (Lipinski definition) is 5. The topological polar surface area (TPSA) is 73.7 Å². The highest BCUT2D eigenvalue weighted by Gasteiger charge is 2.31. The van der Waals surface area contributed by atoms with E-state index in [1.54, 1.807) is 22.6 Å². The van der Waals surface area contributed by atoms with E-state index in [0.29, 0.717) is 44.4 Å². The highest BCUT2D eigenvalue weighted by atomic mass is 16.5. The summed E-state index contributed by atoms with van der Waals surface area (Å²) in [5.41, 5.74) is 0.384. The van der Waals surface area contributed by atoms with E-state index in [0.717, 1.165) is 12.8 Å². The van der Waals surface area contributed by atoms with Gasteiger partial charge in [0.1, 0.15) is 6.61 Å². The van der Waals surface area contributed by atoms with E-state index in [9.17, 15) is 9.59 Å². The number of piperidine rings is 1. The van der Waals surface area contributed by atoms with Crippen LogP contribution in [0.2, 0.25) is 0 Å². The fraction of sp³-hybridized carbons (Fsp3) is 0.643. The molecule has 1 unspecified atom stereocenters. The van der Waals surface area contributed by atoms with Gasteiger partial charge in [-0.2, -0.15) is 5.10 Å². The molecule has 0 saturated carbocycles. The summed E-state index contributed by atoms with van der Waals surface area (Å²) in [4.78, 5) is 26.0. The fourth-order valence-electron chi connectivity index (χ4n) is 2.79. The number of hydrogen-bond donors (Lipinski definition) is 0. The highest BCUT2D eigenvalue weighted by Crippen LogP contribution is 2.23. The maximum absolute atomic E-state index is 12.5. The molecule has 21 heavy (non-hydrogen) atoms. The maximum Gasteiger partial charge on any atom is 0.310 e.